The number of nitro benzene ring substituents is 1. The molecule has 0 saturated heterocycles. The van der Waals surface area contributed by atoms with Crippen molar-refractivity contribution in [3.8, 4) is 0 Å². The Hall–Kier alpha value is -2.17. The maximum Gasteiger partial charge on any atom is 0.272 e. The van der Waals surface area contributed by atoms with Crippen LogP contribution in [0.15, 0.2) is 24.3 Å². The Kier molecular flexibility index (Phi) is 2.91. The van der Waals surface area contributed by atoms with Gasteiger partial charge in [-0.05, 0) is 13.8 Å². The van der Waals surface area contributed by atoms with Gasteiger partial charge in [0, 0.05) is 29.3 Å². The summed E-state index contributed by atoms with van der Waals surface area (Å²) in [4.78, 5) is 10.6. The molecule has 0 fully saturated rings. The quantitative estimate of drug-likeness (QED) is 0.651. The minimum Gasteiger partial charge on any atom is -0.282 e. The van der Waals surface area contributed by atoms with Gasteiger partial charge in [-0.25, -0.2) is 0 Å². The van der Waals surface area contributed by atoms with Crippen LogP contribution in [0, 0.1) is 24.0 Å². The molecule has 5 heteroatoms. The second-order valence-electron chi connectivity index (χ2n) is 3.98. The summed E-state index contributed by atoms with van der Waals surface area (Å²) in [5.41, 5.74) is 3.75. The van der Waals surface area contributed by atoms with Gasteiger partial charge in [0.2, 0.25) is 0 Å². The fourth-order valence-corrected chi connectivity index (χ4v) is 1.86. The molecule has 2 rings (SSSR count). The number of aromatic amines is 1. The second kappa shape index (κ2) is 4.37. The van der Waals surface area contributed by atoms with Crippen molar-refractivity contribution in [3.05, 3.63) is 56.9 Å². The van der Waals surface area contributed by atoms with E-state index in [0.717, 1.165) is 17.0 Å². The predicted octanol–water partition coefficient (Wildman–Crippen LogP) is 2.53. The normalized spacial score (nSPS) is 10.5. The summed E-state index contributed by atoms with van der Waals surface area (Å²) in [5.74, 6) is 0. The van der Waals surface area contributed by atoms with Crippen molar-refractivity contribution in [2.24, 2.45) is 0 Å². The lowest BCUT2D eigenvalue weighted by molar-refractivity contribution is -0.385. The summed E-state index contributed by atoms with van der Waals surface area (Å²) >= 11 is 0. The van der Waals surface area contributed by atoms with E-state index in [0.29, 0.717) is 12.0 Å². The minimum absolute atomic E-state index is 0.160. The molecular formula is C12H13N3O2. The smallest absolute Gasteiger partial charge is 0.272 e. The fourth-order valence-electron chi connectivity index (χ4n) is 1.86. The number of aromatic nitrogens is 2. The molecule has 5 nitrogen and oxygen atoms in total. The third kappa shape index (κ3) is 2.18. The molecule has 0 bridgehead atoms. The van der Waals surface area contributed by atoms with Gasteiger partial charge in [0.15, 0.2) is 0 Å². The number of aryl methyl sites for hydroxylation is 2. The Labute approximate surface area is 98.6 Å². The van der Waals surface area contributed by atoms with E-state index in [2.05, 4.69) is 10.2 Å². The first kappa shape index (κ1) is 11.3. The van der Waals surface area contributed by atoms with E-state index in [-0.39, 0.29) is 10.6 Å². The molecule has 17 heavy (non-hydrogen) atoms. The van der Waals surface area contributed by atoms with Gasteiger partial charge in [-0.3, -0.25) is 15.2 Å². The highest BCUT2D eigenvalue weighted by atomic mass is 16.6. The van der Waals surface area contributed by atoms with Crippen LogP contribution in [0.1, 0.15) is 22.5 Å². The van der Waals surface area contributed by atoms with E-state index in [4.69, 9.17) is 0 Å². The molecule has 1 aromatic heterocycles. The van der Waals surface area contributed by atoms with Crippen LogP contribution in [-0.4, -0.2) is 15.1 Å². The van der Waals surface area contributed by atoms with Crippen LogP contribution in [0.25, 0.3) is 0 Å². The van der Waals surface area contributed by atoms with Crippen molar-refractivity contribution in [1.82, 2.24) is 10.2 Å². The summed E-state index contributed by atoms with van der Waals surface area (Å²) in [6.07, 6.45) is 0.533. The highest BCUT2D eigenvalue weighted by molar-refractivity contribution is 5.44. The Balaban J connectivity index is 2.40. The Morgan fingerprint density at radius 3 is 2.65 bits per heavy atom. The van der Waals surface area contributed by atoms with Gasteiger partial charge in [-0.15, -0.1) is 0 Å². The average molecular weight is 231 g/mol. The number of nitrogens with zero attached hydrogens (tertiary/aromatic N) is 2. The Bertz CT molecular complexity index is 541. The largest absolute Gasteiger partial charge is 0.282 e. The third-order valence-electron chi connectivity index (χ3n) is 2.84. The third-order valence-corrected chi connectivity index (χ3v) is 2.84. The zero-order valence-electron chi connectivity index (χ0n) is 9.73. The molecule has 0 amide bonds. The van der Waals surface area contributed by atoms with Gasteiger partial charge in [0.05, 0.1) is 10.6 Å². The molecule has 1 N–H and O–H groups in total. The summed E-state index contributed by atoms with van der Waals surface area (Å²) in [6.45, 7) is 3.82. The van der Waals surface area contributed by atoms with Gasteiger partial charge >= 0.3 is 0 Å². The van der Waals surface area contributed by atoms with Crippen LogP contribution < -0.4 is 0 Å². The first-order chi connectivity index (χ1) is 8.09. The van der Waals surface area contributed by atoms with Crippen LogP contribution in [0.5, 0.6) is 0 Å². The number of para-hydroxylation sites is 1. The van der Waals surface area contributed by atoms with E-state index in [1.165, 1.54) is 6.07 Å². The lowest BCUT2D eigenvalue weighted by Gasteiger charge is -2.03. The van der Waals surface area contributed by atoms with Gasteiger partial charge in [-0.1, -0.05) is 18.2 Å². The molecule has 0 aliphatic carbocycles. The van der Waals surface area contributed by atoms with Crippen LogP contribution in [0.4, 0.5) is 5.69 Å². The number of H-pyrrole nitrogens is 1. The Morgan fingerprint density at radius 2 is 2.06 bits per heavy atom. The number of nitrogens with one attached hydrogen (secondary N) is 1. The molecule has 0 aliphatic rings. The zero-order valence-corrected chi connectivity index (χ0v) is 9.73. The lowest BCUT2D eigenvalue weighted by Crippen LogP contribution is -1.97. The molecular weight excluding hydrogens is 218 g/mol. The second-order valence-corrected chi connectivity index (χ2v) is 3.98. The fraction of sp³-hybridized carbons (Fsp3) is 0.250. The van der Waals surface area contributed by atoms with Gasteiger partial charge in [0.25, 0.3) is 5.69 Å². The van der Waals surface area contributed by atoms with Crippen LogP contribution in [0.3, 0.4) is 0 Å². The Morgan fingerprint density at radius 1 is 1.35 bits per heavy atom. The van der Waals surface area contributed by atoms with Gasteiger partial charge < -0.3 is 0 Å². The number of nitro groups is 1. The number of rotatable bonds is 3. The maximum atomic E-state index is 10.9. The highest BCUT2D eigenvalue weighted by Crippen LogP contribution is 2.23. The topological polar surface area (TPSA) is 71.8 Å². The molecule has 0 saturated carbocycles. The minimum atomic E-state index is -0.347. The molecule has 2 aromatic rings. The lowest BCUT2D eigenvalue weighted by atomic mass is 10.0. The van der Waals surface area contributed by atoms with Crippen molar-refractivity contribution in [1.29, 1.82) is 0 Å². The molecule has 1 aromatic carbocycles. The summed E-state index contributed by atoms with van der Waals surface area (Å²) < 4.78 is 0. The van der Waals surface area contributed by atoms with Crippen molar-refractivity contribution in [2.45, 2.75) is 20.3 Å². The first-order valence-corrected chi connectivity index (χ1v) is 5.32. The first-order valence-electron chi connectivity index (χ1n) is 5.32. The summed E-state index contributed by atoms with van der Waals surface area (Å²) in [7, 11) is 0. The van der Waals surface area contributed by atoms with E-state index >= 15 is 0 Å². The molecule has 0 atom stereocenters. The van der Waals surface area contributed by atoms with Crippen molar-refractivity contribution < 1.29 is 4.92 Å². The summed E-state index contributed by atoms with van der Waals surface area (Å²) in [5, 5.41) is 17.9. The average Bonchev–Trinajstić information content (AvgIpc) is 2.61. The van der Waals surface area contributed by atoms with Crippen molar-refractivity contribution in [2.75, 3.05) is 0 Å². The van der Waals surface area contributed by atoms with E-state index < -0.39 is 0 Å². The number of hydrogen-bond donors (Lipinski definition) is 1. The summed E-state index contributed by atoms with van der Waals surface area (Å²) in [6, 6.07) is 6.80. The molecule has 1 heterocycles. The van der Waals surface area contributed by atoms with E-state index in [9.17, 15) is 10.1 Å². The maximum absolute atomic E-state index is 10.9. The number of benzene rings is 1. The van der Waals surface area contributed by atoms with E-state index in [1.807, 2.05) is 19.9 Å². The molecule has 88 valence electrons. The van der Waals surface area contributed by atoms with Crippen molar-refractivity contribution in [3.63, 3.8) is 0 Å². The van der Waals surface area contributed by atoms with Crippen molar-refractivity contribution >= 4 is 5.69 Å². The monoisotopic (exact) mass is 231 g/mol. The van der Waals surface area contributed by atoms with Gasteiger partial charge in [0.1, 0.15) is 0 Å². The SMILES string of the molecule is Cc1n[nH]c(C)c1Cc1ccccc1[N+](=O)[O-]. The molecule has 0 aliphatic heterocycles. The van der Waals surface area contributed by atoms with Gasteiger partial charge in [-0.2, -0.15) is 5.10 Å². The predicted molar refractivity (Wildman–Crippen MR) is 64.0 cm³/mol. The van der Waals surface area contributed by atoms with Crippen LogP contribution in [-0.2, 0) is 6.42 Å². The van der Waals surface area contributed by atoms with Crippen LogP contribution >= 0.6 is 0 Å². The number of hydrogen-bond acceptors (Lipinski definition) is 3. The molecule has 0 radical (unpaired) electrons. The zero-order chi connectivity index (χ0) is 12.4. The van der Waals surface area contributed by atoms with Crippen LogP contribution in [0.2, 0.25) is 0 Å². The molecule has 0 unspecified atom stereocenters. The molecule has 0 spiro atoms. The van der Waals surface area contributed by atoms with E-state index in [1.54, 1.807) is 12.1 Å². The standard InChI is InChI=1S/C12H13N3O2/c1-8-11(9(2)14-13-8)7-10-5-3-4-6-12(10)15(16)17/h3-6H,7H2,1-2H3,(H,13,14). The highest BCUT2D eigenvalue weighted by Gasteiger charge is 2.15.